The van der Waals surface area contributed by atoms with Crippen molar-refractivity contribution in [2.24, 2.45) is 5.92 Å². The Labute approximate surface area is 274 Å². The lowest BCUT2D eigenvalue weighted by atomic mass is 9.99. The van der Waals surface area contributed by atoms with Gasteiger partial charge in [0.2, 0.25) is 0 Å². The molecule has 0 aliphatic carbocycles. The molecule has 0 aliphatic rings. The van der Waals surface area contributed by atoms with Crippen molar-refractivity contribution in [1.29, 1.82) is 0 Å². The van der Waals surface area contributed by atoms with Crippen molar-refractivity contribution in [1.82, 2.24) is 0 Å². The summed E-state index contributed by atoms with van der Waals surface area (Å²) in [5, 5.41) is 9.41. The van der Waals surface area contributed by atoms with E-state index in [1.54, 1.807) is 0 Å². The molecule has 0 aromatic rings. The summed E-state index contributed by atoms with van der Waals surface area (Å²) < 4.78 is 10.9. The minimum atomic E-state index is -0.111. The summed E-state index contributed by atoms with van der Waals surface area (Å²) in [6.45, 7) is 5.40. The van der Waals surface area contributed by atoms with Crippen LogP contribution in [0.3, 0.4) is 0 Å². The third kappa shape index (κ3) is 33.8. The van der Waals surface area contributed by atoms with Crippen LogP contribution in [0.1, 0.15) is 213 Å². The summed E-state index contributed by atoms with van der Waals surface area (Å²) >= 11 is 0. The molecule has 262 valence electrons. The zero-order valence-corrected chi connectivity index (χ0v) is 29.7. The summed E-state index contributed by atoms with van der Waals surface area (Å²) in [5.41, 5.74) is 0. The zero-order chi connectivity index (χ0) is 32.2. The second-order valence-corrected chi connectivity index (χ2v) is 13.4. The van der Waals surface area contributed by atoms with E-state index in [2.05, 4.69) is 13.8 Å². The second-order valence-electron chi connectivity index (χ2n) is 13.4. The van der Waals surface area contributed by atoms with E-state index in [-0.39, 0.29) is 24.5 Å². The van der Waals surface area contributed by atoms with Crippen LogP contribution in [0.25, 0.3) is 0 Å². The Balaban J connectivity index is 3.59. The molecule has 0 aromatic carbocycles. The molecule has 0 saturated carbocycles. The first-order valence-corrected chi connectivity index (χ1v) is 19.6. The lowest BCUT2D eigenvalue weighted by Gasteiger charge is -2.16. The first-order chi connectivity index (χ1) is 21.6. The van der Waals surface area contributed by atoms with Crippen LogP contribution in [0.5, 0.6) is 0 Å². The van der Waals surface area contributed by atoms with Crippen LogP contribution in [-0.4, -0.2) is 36.9 Å². The Morgan fingerprint density at radius 1 is 0.432 bits per heavy atom. The van der Waals surface area contributed by atoms with Crippen LogP contribution in [0.2, 0.25) is 0 Å². The van der Waals surface area contributed by atoms with Gasteiger partial charge in [-0.3, -0.25) is 9.59 Å². The molecule has 0 heterocycles. The first kappa shape index (κ1) is 42.9. The minimum absolute atomic E-state index is 0.102. The number of carbonyl (C=O) groups excluding carboxylic acids is 2. The molecular weight excluding hydrogens is 548 g/mol. The molecule has 0 amide bonds. The number of aliphatic hydroxyl groups is 1. The van der Waals surface area contributed by atoms with E-state index in [0.29, 0.717) is 45.3 Å². The van der Waals surface area contributed by atoms with E-state index in [1.807, 2.05) is 0 Å². The number of ether oxygens (including phenoxy) is 2. The fraction of sp³-hybridized carbons (Fsp3) is 0.949. The maximum atomic E-state index is 12.1. The molecule has 0 radical (unpaired) electrons. The van der Waals surface area contributed by atoms with Crippen LogP contribution in [0, 0.1) is 5.92 Å². The Morgan fingerprint density at radius 2 is 0.705 bits per heavy atom. The number of rotatable bonds is 36. The van der Waals surface area contributed by atoms with Gasteiger partial charge in [0.25, 0.3) is 0 Å². The van der Waals surface area contributed by atoms with Gasteiger partial charge < -0.3 is 14.6 Å². The molecule has 0 unspecified atom stereocenters. The van der Waals surface area contributed by atoms with Crippen molar-refractivity contribution in [3.63, 3.8) is 0 Å². The Morgan fingerprint density at radius 3 is 0.977 bits per heavy atom. The summed E-state index contributed by atoms with van der Waals surface area (Å²) in [4.78, 5) is 24.2. The highest BCUT2D eigenvalue weighted by atomic mass is 16.5. The molecule has 0 fully saturated rings. The molecule has 0 aliphatic heterocycles. The lowest BCUT2D eigenvalue weighted by molar-refractivity contribution is -0.144. The number of unbranched alkanes of at least 4 members (excludes halogenated alkanes) is 24. The van der Waals surface area contributed by atoms with Gasteiger partial charge in [-0.2, -0.15) is 0 Å². The maximum absolute atomic E-state index is 12.1. The van der Waals surface area contributed by atoms with Crippen molar-refractivity contribution in [2.45, 2.75) is 213 Å². The third-order valence-electron chi connectivity index (χ3n) is 9.08. The first-order valence-electron chi connectivity index (χ1n) is 19.6. The van der Waals surface area contributed by atoms with E-state index in [1.165, 1.54) is 141 Å². The lowest BCUT2D eigenvalue weighted by Crippen LogP contribution is -2.14. The Kier molecular flexibility index (Phi) is 35.5. The molecule has 5 heteroatoms. The Bertz CT molecular complexity index is 545. The largest absolute Gasteiger partial charge is 0.466 e. The monoisotopic (exact) mass is 625 g/mol. The molecule has 1 N–H and O–H groups in total. The summed E-state index contributed by atoms with van der Waals surface area (Å²) in [7, 11) is 0. The number of carbonyl (C=O) groups is 2. The normalized spacial score (nSPS) is 11.4. The molecular formula is C39H76O5. The van der Waals surface area contributed by atoms with E-state index in [9.17, 15) is 14.7 Å². The topological polar surface area (TPSA) is 72.8 Å². The van der Waals surface area contributed by atoms with Gasteiger partial charge in [-0.15, -0.1) is 0 Å². The molecule has 0 bridgehead atoms. The molecule has 0 rings (SSSR count). The average Bonchev–Trinajstić information content (AvgIpc) is 3.01. The van der Waals surface area contributed by atoms with Gasteiger partial charge in [0.1, 0.15) is 0 Å². The quantitative estimate of drug-likeness (QED) is 0.0554. The maximum Gasteiger partial charge on any atom is 0.305 e. The highest BCUT2D eigenvalue weighted by Gasteiger charge is 2.12. The van der Waals surface area contributed by atoms with Crippen LogP contribution < -0.4 is 0 Å². The summed E-state index contributed by atoms with van der Waals surface area (Å²) in [6.07, 6.45) is 36.7. The van der Waals surface area contributed by atoms with Crippen LogP contribution in [0.4, 0.5) is 0 Å². The zero-order valence-electron chi connectivity index (χ0n) is 29.7. The van der Waals surface area contributed by atoms with Crippen molar-refractivity contribution >= 4 is 11.9 Å². The van der Waals surface area contributed by atoms with Gasteiger partial charge in [0.05, 0.1) is 13.2 Å². The molecule has 0 atom stereocenters. The molecule has 0 aromatic heterocycles. The molecule has 44 heavy (non-hydrogen) atoms. The highest BCUT2D eigenvalue weighted by Crippen LogP contribution is 2.17. The van der Waals surface area contributed by atoms with Gasteiger partial charge in [-0.25, -0.2) is 0 Å². The van der Waals surface area contributed by atoms with Crippen molar-refractivity contribution < 1.29 is 24.2 Å². The SMILES string of the molecule is CCCCCCCCCCCCCCCC(=O)OCCC(CCO)CCOC(=O)CCCCCCCCCCCCCCC. The average molecular weight is 625 g/mol. The molecule has 0 spiro atoms. The van der Waals surface area contributed by atoms with Crippen molar-refractivity contribution in [2.75, 3.05) is 19.8 Å². The third-order valence-corrected chi connectivity index (χ3v) is 9.08. The van der Waals surface area contributed by atoms with E-state index in [4.69, 9.17) is 9.47 Å². The van der Waals surface area contributed by atoms with E-state index in [0.717, 1.165) is 25.7 Å². The fourth-order valence-electron chi connectivity index (χ4n) is 6.01. The van der Waals surface area contributed by atoms with Gasteiger partial charge in [-0.05, 0) is 38.0 Å². The summed E-state index contributed by atoms with van der Waals surface area (Å²) in [6, 6.07) is 0. The predicted octanol–water partition coefficient (Wildman–Crippen LogP) is 11.8. The van der Waals surface area contributed by atoms with Gasteiger partial charge in [0, 0.05) is 19.4 Å². The molecule has 0 saturated heterocycles. The predicted molar refractivity (Wildman–Crippen MR) is 187 cm³/mol. The van der Waals surface area contributed by atoms with Crippen LogP contribution in [0.15, 0.2) is 0 Å². The number of hydrogen-bond donors (Lipinski definition) is 1. The Hall–Kier alpha value is -1.10. The highest BCUT2D eigenvalue weighted by molar-refractivity contribution is 5.69. The van der Waals surface area contributed by atoms with Gasteiger partial charge >= 0.3 is 11.9 Å². The van der Waals surface area contributed by atoms with Crippen LogP contribution in [-0.2, 0) is 19.1 Å². The minimum Gasteiger partial charge on any atom is -0.466 e. The van der Waals surface area contributed by atoms with Crippen molar-refractivity contribution in [3.05, 3.63) is 0 Å². The van der Waals surface area contributed by atoms with E-state index < -0.39 is 0 Å². The number of hydrogen-bond acceptors (Lipinski definition) is 5. The van der Waals surface area contributed by atoms with Gasteiger partial charge in [-0.1, -0.05) is 168 Å². The second kappa shape index (κ2) is 36.4. The van der Waals surface area contributed by atoms with Crippen molar-refractivity contribution in [3.8, 4) is 0 Å². The van der Waals surface area contributed by atoms with Gasteiger partial charge in [0.15, 0.2) is 0 Å². The van der Waals surface area contributed by atoms with Crippen LogP contribution >= 0.6 is 0 Å². The summed E-state index contributed by atoms with van der Waals surface area (Å²) in [5.74, 6) is -0.0200. The number of esters is 2. The fourth-order valence-corrected chi connectivity index (χ4v) is 6.01. The standard InChI is InChI=1S/C39H76O5/c1-3-5-7-9-11-13-15-17-19-21-23-25-27-29-38(41)43-35-32-37(31-34-40)33-36-44-39(42)30-28-26-24-22-20-18-16-14-12-10-8-6-4-2/h37,40H,3-36H2,1-2H3. The molecule has 5 nitrogen and oxygen atoms in total. The van der Waals surface area contributed by atoms with E-state index >= 15 is 0 Å². The number of aliphatic hydroxyl groups excluding tert-OH is 1. The smallest absolute Gasteiger partial charge is 0.305 e.